The van der Waals surface area contributed by atoms with E-state index in [1.165, 1.54) is 5.56 Å². The Labute approximate surface area is 123 Å². The van der Waals surface area contributed by atoms with E-state index in [-0.39, 0.29) is 5.92 Å². The minimum Gasteiger partial charge on any atom is -0.481 e. The molecule has 106 valence electrons. The van der Waals surface area contributed by atoms with Gasteiger partial charge >= 0.3 is 5.97 Å². The highest BCUT2D eigenvalue weighted by Gasteiger charge is 2.11. The van der Waals surface area contributed by atoms with E-state index in [9.17, 15) is 4.79 Å². The fourth-order valence-corrected chi connectivity index (χ4v) is 2.34. The molecule has 0 aliphatic carbocycles. The molecule has 0 aliphatic heterocycles. The zero-order valence-electron chi connectivity index (χ0n) is 11.5. The number of benzene rings is 1. The predicted molar refractivity (Wildman–Crippen MR) is 81.1 cm³/mol. The van der Waals surface area contributed by atoms with E-state index in [1.807, 2.05) is 12.1 Å². The summed E-state index contributed by atoms with van der Waals surface area (Å²) in [5, 5.41) is 12.3. The highest BCUT2D eigenvalue weighted by Crippen LogP contribution is 2.13. The molecule has 1 aromatic rings. The van der Waals surface area contributed by atoms with Crippen molar-refractivity contribution in [3.05, 3.63) is 34.3 Å². The standard InChI is InChI=1S/C15H22BrNO2/c1-11(15(18)19)5-3-6-12(2)17-10-13-7-4-8-14(16)9-13/h4,7-9,11-12,17H,3,5-6,10H2,1-2H3,(H,18,19). The summed E-state index contributed by atoms with van der Waals surface area (Å²) in [5.41, 5.74) is 1.25. The van der Waals surface area contributed by atoms with Crippen molar-refractivity contribution < 1.29 is 9.90 Å². The molecule has 0 aliphatic rings. The Morgan fingerprint density at radius 3 is 2.74 bits per heavy atom. The predicted octanol–water partition coefficient (Wildman–Crippen LogP) is 3.82. The quantitative estimate of drug-likeness (QED) is 0.763. The van der Waals surface area contributed by atoms with Crippen LogP contribution in [-0.2, 0) is 11.3 Å². The fourth-order valence-electron chi connectivity index (χ4n) is 1.89. The number of aliphatic carboxylic acids is 1. The van der Waals surface area contributed by atoms with Crippen LogP contribution in [0.4, 0.5) is 0 Å². The molecule has 0 amide bonds. The van der Waals surface area contributed by atoms with Crippen molar-refractivity contribution in [1.29, 1.82) is 0 Å². The van der Waals surface area contributed by atoms with Crippen LogP contribution in [0.2, 0.25) is 0 Å². The van der Waals surface area contributed by atoms with Crippen molar-refractivity contribution in [2.24, 2.45) is 5.92 Å². The second kappa shape index (κ2) is 8.33. The number of hydrogen-bond acceptors (Lipinski definition) is 2. The molecule has 2 atom stereocenters. The van der Waals surface area contributed by atoms with Crippen molar-refractivity contribution in [3.63, 3.8) is 0 Å². The van der Waals surface area contributed by atoms with Crippen LogP contribution in [-0.4, -0.2) is 17.1 Å². The monoisotopic (exact) mass is 327 g/mol. The Bertz CT molecular complexity index is 409. The van der Waals surface area contributed by atoms with E-state index in [0.717, 1.165) is 30.3 Å². The lowest BCUT2D eigenvalue weighted by Crippen LogP contribution is -2.25. The first kappa shape index (κ1) is 16.2. The van der Waals surface area contributed by atoms with Crippen LogP contribution in [0.3, 0.4) is 0 Å². The van der Waals surface area contributed by atoms with Crippen LogP contribution < -0.4 is 5.32 Å². The molecule has 0 heterocycles. The second-order valence-corrected chi connectivity index (χ2v) is 6.00. The molecule has 1 rings (SSSR count). The summed E-state index contributed by atoms with van der Waals surface area (Å²) in [6.45, 7) is 4.75. The molecule has 2 unspecified atom stereocenters. The lowest BCUT2D eigenvalue weighted by atomic mass is 10.0. The first-order valence-corrected chi connectivity index (χ1v) is 7.49. The van der Waals surface area contributed by atoms with E-state index in [2.05, 4.69) is 40.3 Å². The van der Waals surface area contributed by atoms with Gasteiger partial charge in [-0.25, -0.2) is 0 Å². The Balaban J connectivity index is 2.21. The van der Waals surface area contributed by atoms with Gasteiger partial charge in [0.25, 0.3) is 0 Å². The van der Waals surface area contributed by atoms with Crippen molar-refractivity contribution >= 4 is 21.9 Å². The van der Waals surface area contributed by atoms with E-state index >= 15 is 0 Å². The maximum Gasteiger partial charge on any atom is 0.306 e. The second-order valence-electron chi connectivity index (χ2n) is 5.08. The number of carboxylic acids is 1. The van der Waals surface area contributed by atoms with E-state index in [4.69, 9.17) is 5.11 Å². The smallest absolute Gasteiger partial charge is 0.306 e. The number of nitrogens with one attached hydrogen (secondary N) is 1. The molecular formula is C15H22BrNO2. The van der Waals surface area contributed by atoms with Crippen LogP contribution >= 0.6 is 15.9 Å². The lowest BCUT2D eigenvalue weighted by Gasteiger charge is -2.14. The van der Waals surface area contributed by atoms with Gasteiger partial charge in [0.15, 0.2) is 0 Å². The average Bonchev–Trinajstić information content (AvgIpc) is 2.36. The van der Waals surface area contributed by atoms with Gasteiger partial charge in [-0.2, -0.15) is 0 Å². The SMILES string of the molecule is CC(CCCC(C)C(=O)O)NCc1cccc(Br)c1. The Morgan fingerprint density at radius 1 is 1.37 bits per heavy atom. The number of rotatable bonds is 8. The summed E-state index contributed by atoms with van der Waals surface area (Å²) in [7, 11) is 0. The normalized spacial score (nSPS) is 14.1. The summed E-state index contributed by atoms with van der Waals surface area (Å²) in [4.78, 5) is 10.7. The highest BCUT2D eigenvalue weighted by molar-refractivity contribution is 9.10. The molecule has 19 heavy (non-hydrogen) atoms. The number of carbonyl (C=O) groups is 1. The van der Waals surface area contributed by atoms with Gasteiger partial charge in [0.1, 0.15) is 0 Å². The molecule has 0 spiro atoms. The first-order chi connectivity index (χ1) is 8.99. The van der Waals surface area contributed by atoms with Crippen LogP contribution in [0.5, 0.6) is 0 Å². The summed E-state index contributed by atoms with van der Waals surface area (Å²) >= 11 is 3.46. The van der Waals surface area contributed by atoms with Crippen molar-refractivity contribution in [1.82, 2.24) is 5.32 Å². The van der Waals surface area contributed by atoms with Gasteiger partial charge < -0.3 is 10.4 Å². The van der Waals surface area contributed by atoms with Crippen molar-refractivity contribution in [2.45, 2.75) is 45.7 Å². The molecule has 0 aromatic heterocycles. The van der Waals surface area contributed by atoms with Crippen LogP contribution in [0, 0.1) is 5.92 Å². The van der Waals surface area contributed by atoms with Crippen LogP contribution in [0.15, 0.2) is 28.7 Å². The molecule has 1 aromatic carbocycles. The molecule has 3 nitrogen and oxygen atoms in total. The summed E-state index contributed by atoms with van der Waals surface area (Å²) in [5.74, 6) is -0.938. The van der Waals surface area contributed by atoms with Gasteiger partial charge in [-0.1, -0.05) is 41.4 Å². The number of halogens is 1. The Hall–Kier alpha value is -0.870. The minimum atomic E-state index is -0.699. The molecule has 4 heteroatoms. The molecule has 0 saturated heterocycles. The summed E-state index contributed by atoms with van der Waals surface area (Å²) < 4.78 is 1.09. The maximum absolute atomic E-state index is 10.7. The third-order valence-electron chi connectivity index (χ3n) is 3.24. The lowest BCUT2D eigenvalue weighted by molar-refractivity contribution is -0.141. The zero-order valence-corrected chi connectivity index (χ0v) is 13.1. The molecule has 0 bridgehead atoms. The van der Waals surface area contributed by atoms with Gasteiger partial charge in [-0.15, -0.1) is 0 Å². The van der Waals surface area contributed by atoms with E-state index < -0.39 is 5.97 Å². The van der Waals surface area contributed by atoms with Gasteiger partial charge in [0, 0.05) is 17.1 Å². The Kier molecular flexibility index (Phi) is 7.10. The molecule has 0 radical (unpaired) electrons. The largest absolute Gasteiger partial charge is 0.481 e. The molecular weight excluding hydrogens is 306 g/mol. The first-order valence-electron chi connectivity index (χ1n) is 6.69. The minimum absolute atomic E-state index is 0.239. The number of carboxylic acid groups (broad SMARTS) is 1. The summed E-state index contributed by atoms with van der Waals surface area (Å²) in [6.07, 6.45) is 2.70. The van der Waals surface area contributed by atoms with Crippen LogP contribution in [0.1, 0.15) is 38.7 Å². The molecule has 0 saturated carbocycles. The van der Waals surface area contributed by atoms with Crippen molar-refractivity contribution in [3.8, 4) is 0 Å². The van der Waals surface area contributed by atoms with Gasteiger partial charge in [-0.05, 0) is 37.5 Å². The average molecular weight is 328 g/mol. The fraction of sp³-hybridized carbons (Fsp3) is 0.533. The third kappa shape index (κ3) is 6.73. The van der Waals surface area contributed by atoms with E-state index in [1.54, 1.807) is 6.92 Å². The number of hydrogen-bond donors (Lipinski definition) is 2. The molecule has 0 fully saturated rings. The van der Waals surface area contributed by atoms with Crippen LogP contribution in [0.25, 0.3) is 0 Å². The van der Waals surface area contributed by atoms with Gasteiger partial charge in [-0.3, -0.25) is 4.79 Å². The zero-order chi connectivity index (χ0) is 14.3. The molecule has 2 N–H and O–H groups in total. The Morgan fingerprint density at radius 2 is 2.11 bits per heavy atom. The highest BCUT2D eigenvalue weighted by atomic mass is 79.9. The van der Waals surface area contributed by atoms with Gasteiger partial charge in [0.05, 0.1) is 5.92 Å². The van der Waals surface area contributed by atoms with Crippen molar-refractivity contribution in [2.75, 3.05) is 0 Å². The van der Waals surface area contributed by atoms with E-state index in [0.29, 0.717) is 6.04 Å². The topological polar surface area (TPSA) is 49.3 Å². The summed E-state index contributed by atoms with van der Waals surface area (Å²) in [6, 6.07) is 8.64. The maximum atomic E-state index is 10.7. The van der Waals surface area contributed by atoms with Gasteiger partial charge in [0.2, 0.25) is 0 Å². The third-order valence-corrected chi connectivity index (χ3v) is 3.73.